The molecule has 0 fully saturated rings. The molecule has 0 radical (unpaired) electrons. The second-order valence-electron chi connectivity index (χ2n) is 7.15. The van der Waals surface area contributed by atoms with Crippen molar-refractivity contribution in [3.05, 3.63) is 51.7 Å². The van der Waals surface area contributed by atoms with Crippen LogP contribution in [0.5, 0.6) is 0 Å². The van der Waals surface area contributed by atoms with Crippen LogP contribution in [-0.4, -0.2) is 39.3 Å². The summed E-state index contributed by atoms with van der Waals surface area (Å²) in [6.45, 7) is 2.01. The summed E-state index contributed by atoms with van der Waals surface area (Å²) in [6, 6.07) is 8.17. The quantitative estimate of drug-likeness (QED) is 0.842. The van der Waals surface area contributed by atoms with E-state index < -0.39 is 0 Å². The second-order valence-corrected chi connectivity index (χ2v) is 7.15. The molecule has 0 saturated carbocycles. The summed E-state index contributed by atoms with van der Waals surface area (Å²) in [5.74, 6) is 0.606. The molecular weight excluding hydrogens is 330 g/mol. The van der Waals surface area contributed by atoms with Gasteiger partial charge in [0.15, 0.2) is 0 Å². The third-order valence-electron chi connectivity index (χ3n) is 4.59. The van der Waals surface area contributed by atoms with Crippen LogP contribution in [0.4, 0.5) is 0 Å². The lowest BCUT2D eigenvalue weighted by Crippen LogP contribution is -2.33. The van der Waals surface area contributed by atoms with Crippen LogP contribution in [0.3, 0.4) is 0 Å². The molecule has 0 saturated heterocycles. The highest BCUT2D eigenvalue weighted by Crippen LogP contribution is 2.10. The van der Waals surface area contributed by atoms with E-state index in [4.69, 9.17) is 0 Å². The van der Waals surface area contributed by atoms with Crippen molar-refractivity contribution in [1.29, 1.82) is 0 Å². The average molecular weight is 357 g/mol. The van der Waals surface area contributed by atoms with Gasteiger partial charge in [0, 0.05) is 26.1 Å². The van der Waals surface area contributed by atoms with Crippen LogP contribution in [0.1, 0.15) is 36.2 Å². The Balaban J connectivity index is 1.55. The predicted molar refractivity (Wildman–Crippen MR) is 99.7 cm³/mol. The van der Waals surface area contributed by atoms with Crippen LogP contribution < -0.4 is 11.0 Å². The van der Waals surface area contributed by atoms with Crippen LogP contribution in [-0.2, 0) is 37.4 Å². The number of benzene rings is 1. The Bertz CT molecular complexity index is 804. The lowest BCUT2D eigenvalue weighted by Gasteiger charge is -2.10. The van der Waals surface area contributed by atoms with E-state index in [9.17, 15) is 9.59 Å². The number of nitrogens with zero attached hydrogens (tertiary/aromatic N) is 4. The smallest absolute Gasteiger partial charge is 0.346 e. The average Bonchev–Trinajstić information content (AvgIpc) is 2.77. The van der Waals surface area contributed by atoms with Crippen LogP contribution in [0.2, 0.25) is 0 Å². The number of amides is 1. The molecule has 0 unspecified atom stereocenters. The lowest BCUT2D eigenvalue weighted by molar-refractivity contribution is -0.122. The largest absolute Gasteiger partial charge is 0.350 e. The molecule has 140 valence electrons. The van der Waals surface area contributed by atoms with Crippen molar-refractivity contribution >= 4 is 5.91 Å². The molecule has 1 amide bonds. The van der Waals surface area contributed by atoms with Crippen LogP contribution in [0.15, 0.2) is 29.1 Å². The highest BCUT2D eigenvalue weighted by Gasteiger charge is 2.17. The normalized spacial score (nSPS) is 14.1. The van der Waals surface area contributed by atoms with E-state index in [1.54, 1.807) is 4.57 Å². The Morgan fingerprint density at radius 3 is 2.62 bits per heavy atom. The van der Waals surface area contributed by atoms with Gasteiger partial charge >= 0.3 is 5.69 Å². The number of hydrogen-bond acceptors (Lipinski definition) is 4. The van der Waals surface area contributed by atoms with Gasteiger partial charge in [-0.3, -0.25) is 9.36 Å². The number of fused-ring (bicyclic) bond motifs is 1. The van der Waals surface area contributed by atoms with Gasteiger partial charge < -0.3 is 10.2 Å². The van der Waals surface area contributed by atoms with E-state index in [0.717, 1.165) is 43.6 Å². The topological polar surface area (TPSA) is 72.2 Å². The summed E-state index contributed by atoms with van der Waals surface area (Å²) in [7, 11) is 4.07. The number of nitrogens with one attached hydrogen (secondary N) is 1. The van der Waals surface area contributed by atoms with Crippen molar-refractivity contribution in [2.45, 2.75) is 51.9 Å². The summed E-state index contributed by atoms with van der Waals surface area (Å²) in [4.78, 5) is 26.7. The van der Waals surface area contributed by atoms with Gasteiger partial charge in [-0.15, -0.1) is 0 Å². The first kappa shape index (κ1) is 18.4. The number of rotatable bonds is 6. The van der Waals surface area contributed by atoms with Crippen molar-refractivity contribution in [3.63, 3.8) is 0 Å². The number of aryl methyl sites for hydroxylation is 1. The molecule has 1 N–H and O–H groups in total. The monoisotopic (exact) mass is 357 g/mol. The summed E-state index contributed by atoms with van der Waals surface area (Å²) in [6.07, 6.45) is 3.97. The molecule has 3 rings (SSSR count). The van der Waals surface area contributed by atoms with Crippen molar-refractivity contribution < 1.29 is 4.79 Å². The molecule has 1 aromatic carbocycles. The number of aromatic nitrogens is 3. The van der Waals surface area contributed by atoms with Crippen molar-refractivity contribution in [2.24, 2.45) is 0 Å². The van der Waals surface area contributed by atoms with Gasteiger partial charge in [0.2, 0.25) is 5.91 Å². The van der Waals surface area contributed by atoms with Crippen molar-refractivity contribution in [2.75, 3.05) is 14.1 Å². The van der Waals surface area contributed by atoms with E-state index >= 15 is 0 Å². The van der Waals surface area contributed by atoms with E-state index in [1.165, 1.54) is 10.2 Å². The summed E-state index contributed by atoms with van der Waals surface area (Å²) >= 11 is 0. The Morgan fingerprint density at radius 1 is 1.15 bits per heavy atom. The lowest BCUT2D eigenvalue weighted by atomic mass is 10.1. The Labute approximate surface area is 153 Å². The Hall–Kier alpha value is -2.41. The third kappa shape index (κ3) is 4.60. The molecule has 1 aliphatic heterocycles. The molecule has 0 aliphatic carbocycles. The minimum absolute atomic E-state index is 0.0302. The molecule has 2 heterocycles. The summed E-state index contributed by atoms with van der Waals surface area (Å²) < 4.78 is 3.00. The molecule has 0 atom stereocenters. The molecule has 7 nitrogen and oxygen atoms in total. The van der Waals surface area contributed by atoms with Crippen LogP contribution in [0.25, 0.3) is 0 Å². The van der Waals surface area contributed by atoms with Gasteiger partial charge in [-0.2, -0.15) is 5.10 Å². The second kappa shape index (κ2) is 8.31. The van der Waals surface area contributed by atoms with E-state index in [2.05, 4.69) is 27.4 Å². The Kier molecular flexibility index (Phi) is 5.88. The van der Waals surface area contributed by atoms with Gasteiger partial charge in [0.05, 0.1) is 0 Å². The summed E-state index contributed by atoms with van der Waals surface area (Å²) in [5, 5.41) is 7.22. The first-order valence-electron chi connectivity index (χ1n) is 9.18. The number of carbonyl (C=O) groups excluding carboxylic acids is 1. The fourth-order valence-electron chi connectivity index (χ4n) is 3.25. The SMILES string of the molecule is CN(C)Cc1ccc(CNC(=O)Cn2nc3n(c2=O)CCCCC3)cc1. The van der Waals surface area contributed by atoms with Gasteiger partial charge in [-0.05, 0) is 38.1 Å². The van der Waals surface area contributed by atoms with Crippen LogP contribution in [0, 0.1) is 0 Å². The first-order valence-corrected chi connectivity index (χ1v) is 9.18. The Morgan fingerprint density at radius 2 is 1.88 bits per heavy atom. The zero-order valence-electron chi connectivity index (χ0n) is 15.6. The molecule has 1 aromatic heterocycles. The maximum Gasteiger partial charge on any atom is 0.346 e. The van der Waals surface area contributed by atoms with Crippen molar-refractivity contribution in [1.82, 2.24) is 24.6 Å². The summed E-state index contributed by atoms with van der Waals surface area (Å²) in [5.41, 5.74) is 2.09. The zero-order valence-corrected chi connectivity index (χ0v) is 15.6. The van der Waals surface area contributed by atoms with Crippen LogP contribution >= 0.6 is 0 Å². The standard InChI is InChI=1S/C19H27N5O2/c1-22(2)13-16-9-7-15(8-10-16)12-20-18(25)14-24-19(26)23-11-5-3-4-6-17(23)21-24/h7-10H,3-6,11-14H2,1-2H3,(H,20,25). The number of hydrogen-bond donors (Lipinski definition) is 1. The predicted octanol–water partition coefficient (Wildman–Crippen LogP) is 1.15. The fourth-order valence-corrected chi connectivity index (χ4v) is 3.25. The highest BCUT2D eigenvalue weighted by molar-refractivity contribution is 5.75. The van der Waals surface area contributed by atoms with Crippen molar-refractivity contribution in [3.8, 4) is 0 Å². The molecule has 7 heteroatoms. The fraction of sp³-hybridized carbons (Fsp3) is 0.526. The minimum atomic E-state index is -0.197. The third-order valence-corrected chi connectivity index (χ3v) is 4.59. The molecule has 0 spiro atoms. The molecule has 1 aliphatic rings. The first-order chi connectivity index (χ1) is 12.5. The number of carbonyl (C=O) groups is 1. The molecule has 2 aromatic rings. The molecule has 26 heavy (non-hydrogen) atoms. The maximum atomic E-state index is 12.4. The molecule has 0 bridgehead atoms. The van der Waals surface area contributed by atoms with E-state index in [-0.39, 0.29) is 18.1 Å². The van der Waals surface area contributed by atoms with E-state index in [0.29, 0.717) is 13.1 Å². The maximum absolute atomic E-state index is 12.4. The van der Waals surface area contributed by atoms with Gasteiger partial charge in [0.1, 0.15) is 12.4 Å². The van der Waals surface area contributed by atoms with Gasteiger partial charge in [0.25, 0.3) is 0 Å². The zero-order chi connectivity index (χ0) is 18.5. The highest BCUT2D eigenvalue weighted by atomic mass is 16.2. The van der Waals surface area contributed by atoms with Gasteiger partial charge in [-0.25, -0.2) is 9.48 Å². The van der Waals surface area contributed by atoms with E-state index in [1.807, 2.05) is 26.2 Å². The molecular formula is C19H27N5O2. The minimum Gasteiger partial charge on any atom is -0.350 e. The van der Waals surface area contributed by atoms with Gasteiger partial charge in [-0.1, -0.05) is 30.7 Å².